The largest absolute Gasteiger partial charge is 0.497 e. The molecule has 1 aromatic carbocycles. The Hall–Kier alpha value is -3.11. The summed E-state index contributed by atoms with van der Waals surface area (Å²) in [6, 6.07) is 7.46. The van der Waals surface area contributed by atoms with Crippen LogP contribution in [0.15, 0.2) is 28.4 Å². The highest BCUT2D eigenvalue weighted by atomic mass is 32.2. The van der Waals surface area contributed by atoms with E-state index in [1.165, 1.54) is 11.3 Å². The average molecular weight is 556 g/mol. The van der Waals surface area contributed by atoms with Crippen LogP contribution in [0.2, 0.25) is 0 Å². The first-order chi connectivity index (χ1) is 17.3. The molecule has 0 spiro atoms. The lowest BCUT2D eigenvalue weighted by molar-refractivity contribution is -0.432. The maximum absolute atomic E-state index is 11.0. The van der Waals surface area contributed by atoms with E-state index in [1.807, 2.05) is 12.1 Å². The molecule has 0 unspecified atom stereocenters. The number of azo groups is 1. The van der Waals surface area contributed by atoms with Gasteiger partial charge in [-0.3, -0.25) is 4.55 Å². The summed E-state index contributed by atoms with van der Waals surface area (Å²) < 4.78 is 41.5. The first kappa shape index (κ1) is 27.5. The third-order valence-electron chi connectivity index (χ3n) is 4.56. The topological polar surface area (TPSA) is 201 Å². The molecule has 36 heavy (non-hydrogen) atoms. The van der Waals surface area contributed by atoms with E-state index in [9.17, 15) is 13.7 Å². The fourth-order valence-corrected chi connectivity index (χ4v) is 4.40. The molecule has 0 fully saturated rings. The molecule has 2 heterocycles. The molecule has 0 aliphatic rings. The zero-order valence-corrected chi connectivity index (χ0v) is 21.4. The Balaban J connectivity index is 1.94. The van der Waals surface area contributed by atoms with Crippen LogP contribution in [-0.2, 0) is 19.5 Å². The van der Waals surface area contributed by atoms with Crippen molar-refractivity contribution in [2.24, 2.45) is 10.2 Å². The van der Waals surface area contributed by atoms with Gasteiger partial charge in [0.05, 0.1) is 28.6 Å². The fourth-order valence-electron chi connectivity index (χ4n) is 2.92. The number of hydrogen-bond donors (Lipinski definition) is 4. The van der Waals surface area contributed by atoms with E-state index in [1.54, 1.807) is 26.2 Å². The van der Waals surface area contributed by atoms with Crippen molar-refractivity contribution >= 4 is 66.2 Å². The molecule has 0 saturated heterocycles. The van der Waals surface area contributed by atoms with Gasteiger partial charge in [0, 0.05) is 36.4 Å². The molecular weight excluding hydrogens is 534 g/mol. The zero-order valence-electron chi connectivity index (χ0n) is 19.0. The molecule has 4 N–H and O–H groups in total. The predicted octanol–water partition coefficient (Wildman–Crippen LogP) is 4.08. The van der Waals surface area contributed by atoms with Crippen LogP contribution in [0.25, 0.3) is 10.2 Å². The summed E-state index contributed by atoms with van der Waals surface area (Å²) in [6.45, 7) is 1.77. The number of methoxy groups -OCH3 is 1. The van der Waals surface area contributed by atoms with Gasteiger partial charge in [-0.05, 0) is 25.1 Å². The number of nitriles is 1. The van der Waals surface area contributed by atoms with E-state index in [-0.39, 0.29) is 29.4 Å². The number of fused-ring (bicyclic) bond motifs is 1. The van der Waals surface area contributed by atoms with Crippen LogP contribution < -0.4 is 15.4 Å². The smallest absolute Gasteiger partial charge is 0.266 e. The molecule has 0 atom stereocenters. The number of aromatic nitrogens is 2. The molecule has 0 saturated carbocycles. The molecule has 0 amide bonds. The highest BCUT2D eigenvalue weighted by Crippen LogP contribution is 2.36. The van der Waals surface area contributed by atoms with Gasteiger partial charge in [0.15, 0.2) is 5.82 Å². The summed E-state index contributed by atoms with van der Waals surface area (Å²) in [6.07, 6.45) is 0. The van der Waals surface area contributed by atoms with E-state index >= 15 is 0 Å². The standard InChI is InChI=1S/C19H21N7O7S3/c1-11-13(10-20)17(22-6-8-36(28,29)30)24-18(21-5-7-34-33-32-27)16(11)25-26-19-23-14-4-3-12(31-2)9-15(14)35-19/h3-4,9,27H,5-8H2,1-2H3,(H2,21,22,24)(H,28,29,30). The maximum atomic E-state index is 11.0. The Morgan fingerprint density at radius 2 is 2.00 bits per heavy atom. The van der Waals surface area contributed by atoms with Crippen molar-refractivity contribution < 1.29 is 32.3 Å². The number of anilines is 2. The normalized spacial score (nSPS) is 11.6. The van der Waals surface area contributed by atoms with E-state index in [0.29, 0.717) is 28.7 Å². The maximum Gasteiger partial charge on any atom is 0.266 e. The van der Waals surface area contributed by atoms with Crippen molar-refractivity contribution in [2.75, 3.05) is 42.3 Å². The van der Waals surface area contributed by atoms with Crippen LogP contribution >= 0.6 is 23.4 Å². The molecule has 2 aromatic heterocycles. The lowest BCUT2D eigenvalue weighted by Crippen LogP contribution is -2.17. The molecule has 3 rings (SSSR count). The number of ether oxygens (including phenoxy) is 1. The summed E-state index contributed by atoms with van der Waals surface area (Å²) in [4.78, 5) is 8.81. The van der Waals surface area contributed by atoms with Crippen molar-refractivity contribution in [1.29, 1.82) is 5.26 Å². The van der Waals surface area contributed by atoms with Gasteiger partial charge in [0.25, 0.3) is 10.1 Å². The molecule has 0 aliphatic carbocycles. The fraction of sp³-hybridized carbons (Fsp3) is 0.316. The van der Waals surface area contributed by atoms with Gasteiger partial charge in [-0.1, -0.05) is 16.4 Å². The Bertz CT molecular complexity index is 1390. The Morgan fingerprint density at radius 3 is 2.69 bits per heavy atom. The van der Waals surface area contributed by atoms with Crippen LogP contribution in [-0.4, -0.2) is 59.9 Å². The van der Waals surface area contributed by atoms with E-state index < -0.39 is 15.9 Å². The number of hydrogen-bond acceptors (Lipinski definition) is 15. The average Bonchev–Trinajstić information content (AvgIpc) is 3.24. The van der Waals surface area contributed by atoms with Crippen LogP contribution in [0.1, 0.15) is 11.1 Å². The first-order valence-electron chi connectivity index (χ1n) is 10.1. The number of thiazole rings is 1. The highest BCUT2D eigenvalue weighted by molar-refractivity contribution is 7.94. The van der Waals surface area contributed by atoms with Gasteiger partial charge >= 0.3 is 0 Å². The molecular formula is C19H21N7O7S3. The second-order valence-electron chi connectivity index (χ2n) is 6.90. The van der Waals surface area contributed by atoms with Crippen LogP contribution in [0.5, 0.6) is 5.75 Å². The molecule has 0 bridgehead atoms. The molecule has 17 heteroatoms. The third-order valence-corrected chi connectivity index (χ3v) is 6.71. The van der Waals surface area contributed by atoms with Gasteiger partial charge in [0.2, 0.25) is 5.13 Å². The third kappa shape index (κ3) is 7.44. The Kier molecular flexibility index (Phi) is 9.72. The van der Waals surface area contributed by atoms with Crippen molar-refractivity contribution in [3.8, 4) is 11.8 Å². The van der Waals surface area contributed by atoms with Crippen LogP contribution in [0.3, 0.4) is 0 Å². The van der Waals surface area contributed by atoms with Gasteiger partial charge in [-0.15, -0.1) is 14.6 Å². The van der Waals surface area contributed by atoms with Gasteiger partial charge in [0.1, 0.15) is 23.3 Å². The van der Waals surface area contributed by atoms with Crippen molar-refractivity contribution in [3.63, 3.8) is 0 Å². The van der Waals surface area contributed by atoms with E-state index in [2.05, 4.69) is 40.2 Å². The van der Waals surface area contributed by atoms with Crippen molar-refractivity contribution in [3.05, 3.63) is 29.3 Å². The molecule has 3 aromatic rings. The number of pyridine rings is 1. The molecule has 0 aliphatic heterocycles. The minimum Gasteiger partial charge on any atom is -0.497 e. The van der Waals surface area contributed by atoms with Crippen molar-refractivity contribution in [2.45, 2.75) is 6.92 Å². The summed E-state index contributed by atoms with van der Waals surface area (Å²) in [5.74, 6) is 0.807. The lowest BCUT2D eigenvalue weighted by atomic mass is 10.1. The van der Waals surface area contributed by atoms with Gasteiger partial charge < -0.3 is 15.4 Å². The van der Waals surface area contributed by atoms with Gasteiger partial charge in [-0.2, -0.15) is 13.7 Å². The van der Waals surface area contributed by atoms with Crippen LogP contribution in [0.4, 0.5) is 22.5 Å². The zero-order chi connectivity index (χ0) is 26.1. The lowest BCUT2D eigenvalue weighted by Gasteiger charge is -2.15. The highest BCUT2D eigenvalue weighted by Gasteiger charge is 2.18. The number of nitrogens with zero attached hydrogens (tertiary/aromatic N) is 5. The molecule has 14 nitrogen and oxygen atoms in total. The Labute approximate surface area is 214 Å². The van der Waals surface area contributed by atoms with E-state index in [4.69, 9.17) is 14.5 Å². The summed E-state index contributed by atoms with van der Waals surface area (Å²) >= 11 is 2.13. The Morgan fingerprint density at radius 1 is 1.22 bits per heavy atom. The number of benzene rings is 1. The molecule has 192 valence electrons. The quantitative estimate of drug-likeness (QED) is 0.0587. The second kappa shape index (κ2) is 12.7. The summed E-state index contributed by atoms with van der Waals surface area (Å²) in [5.41, 5.74) is 1.55. The number of rotatable bonds is 13. The van der Waals surface area contributed by atoms with E-state index in [0.717, 1.165) is 22.3 Å². The minimum atomic E-state index is -4.21. The number of nitrogens with one attached hydrogen (secondary N) is 2. The van der Waals surface area contributed by atoms with Gasteiger partial charge in [-0.25, -0.2) is 15.2 Å². The summed E-state index contributed by atoms with van der Waals surface area (Å²) in [5, 5.41) is 36.2. The minimum absolute atomic E-state index is 0.106. The summed E-state index contributed by atoms with van der Waals surface area (Å²) in [7, 11) is -2.63. The van der Waals surface area contributed by atoms with Crippen LogP contribution in [0, 0.1) is 18.3 Å². The second-order valence-corrected chi connectivity index (χ2v) is 10.3. The predicted molar refractivity (Wildman–Crippen MR) is 135 cm³/mol. The molecule has 0 radical (unpaired) electrons. The van der Waals surface area contributed by atoms with Crippen molar-refractivity contribution in [1.82, 2.24) is 9.97 Å². The first-order valence-corrected chi connectivity index (χ1v) is 13.4. The SMILES string of the molecule is COc1ccc2nc(N=Nc3c(NCCSOOO)nc(NCCS(=O)(=O)O)c(C#N)c3C)sc2c1. The monoisotopic (exact) mass is 555 g/mol.